The largest absolute Gasteiger partial charge is 0.388 e. The maximum Gasteiger partial charge on any atom is 0.237 e. The van der Waals surface area contributed by atoms with Crippen molar-refractivity contribution >= 4 is 23.4 Å². The third-order valence-electron chi connectivity index (χ3n) is 3.15. The van der Waals surface area contributed by atoms with E-state index < -0.39 is 11.9 Å². The lowest BCUT2D eigenvalue weighted by Gasteiger charge is -2.15. The van der Waals surface area contributed by atoms with Gasteiger partial charge in [-0.1, -0.05) is 36.4 Å². The summed E-state index contributed by atoms with van der Waals surface area (Å²) in [4.78, 5) is 12.0. The fraction of sp³-hybridized carbons (Fsp3) is 0.235. The van der Waals surface area contributed by atoms with E-state index in [-0.39, 0.29) is 11.2 Å². The smallest absolute Gasteiger partial charge is 0.237 e. The first-order valence-electron chi connectivity index (χ1n) is 6.97. The number of aliphatic hydroxyl groups is 1. The molecule has 2 rings (SSSR count). The van der Waals surface area contributed by atoms with Crippen LogP contribution in [-0.4, -0.2) is 22.0 Å². The van der Waals surface area contributed by atoms with Crippen LogP contribution in [0.2, 0.25) is 0 Å². The number of thioether (sulfide) groups is 1. The molecule has 0 aliphatic rings. The van der Waals surface area contributed by atoms with Gasteiger partial charge in [0, 0.05) is 11.4 Å². The van der Waals surface area contributed by atoms with Crippen LogP contribution < -0.4 is 5.32 Å². The van der Waals surface area contributed by atoms with Gasteiger partial charge in [-0.3, -0.25) is 4.79 Å². The fourth-order valence-electron chi connectivity index (χ4n) is 1.89. The number of hydrogen-bond donors (Lipinski definition) is 2. The van der Waals surface area contributed by atoms with Crippen molar-refractivity contribution in [3.63, 3.8) is 0 Å². The number of amides is 1. The highest BCUT2D eigenvalue weighted by atomic mass is 32.2. The Morgan fingerprint density at radius 2 is 1.95 bits per heavy atom. The van der Waals surface area contributed by atoms with Crippen LogP contribution in [0.25, 0.3) is 0 Å². The summed E-state index contributed by atoms with van der Waals surface area (Å²) in [6.45, 7) is 1.76. The van der Waals surface area contributed by atoms with Gasteiger partial charge in [-0.05, 0) is 30.7 Å². The van der Waals surface area contributed by atoms with Gasteiger partial charge in [-0.15, -0.1) is 11.8 Å². The second-order valence-electron chi connectivity index (χ2n) is 4.90. The Morgan fingerprint density at radius 1 is 1.23 bits per heavy atom. The quantitative estimate of drug-likeness (QED) is 0.855. The minimum absolute atomic E-state index is 0.212. The van der Waals surface area contributed by atoms with Crippen LogP contribution in [0.1, 0.15) is 18.6 Å². The molecule has 22 heavy (non-hydrogen) atoms. The number of anilines is 1. The van der Waals surface area contributed by atoms with Crippen molar-refractivity contribution in [2.24, 2.45) is 0 Å². The average molecular weight is 319 g/mol. The zero-order valence-corrected chi connectivity index (χ0v) is 13.0. The molecule has 2 atom stereocenters. The molecule has 2 aromatic rings. The molecule has 0 unspecified atom stereocenters. The maximum absolute atomic E-state index is 13.1. The summed E-state index contributed by atoms with van der Waals surface area (Å²) < 4.78 is 13.1. The molecule has 0 spiro atoms. The average Bonchev–Trinajstić information content (AvgIpc) is 2.53. The normalized spacial score (nSPS) is 13.4. The van der Waals surface area contributed by atoms with Crippen molar-refractivity contribution in [1.29, 1.82) is 0 Å². The zero-order chi connectivity index (χ0) is 15.9. The number of carbonyl (C=O) groups is 1. The molecule has 0 aromatic heterocycles. The standard InChI is InChI=1S/C17H18FNO2S/c1-12(17(21)19-15-9-5-8-14(18)10-15)22-11-16(20)13-6-3-2-4-7-13/h2-10,12,16,20H,11H2,1H3,(H,19,21)/t12-,16+/m0/s1. The van der Waals surface area contributed by atoms with Crippen molar-refractivity contribution in [2.75, 3.05) is 11.1 Å². The van der Waals surface area contributed by atoms with Gasteiger partial charge in [0.15, 0.2) is 0 Å². The second kappa shape index (κ2) is 7.96. The first-order chi connectivity index (χ1) is 10.6. The van der Waals surface area contributed by atoms with E-state index in [9.17, 15) is 14.3 Å². The molecular formula is C17H18FNO2S. The Bertz CT molecular complexity index is 621. The predicted molar refractivity (Wildman–Crippen MR) is 88.4 cm³/mol. The van der Waals surface area contributed by atoms with Crippen LogP contribution in [0.5, 0.6) is 0 Å². The maximum atomic E-state index is 13.1. The summed E-state index contributed by atoms with van der Waals surface area (Å²) in [5, 5.41) is 12.4. The van der Waals surface area contributed by atoms with Crippen LogP contribution >= 0.6 is 11.8 Å². The Kier molecular flexibility index (Phi) is 5.98. The SMILES string of the molecule is C[C@H](SC[C@@H](O)c1ccccc1)C(=O)Nc1cccc(F)c1. The fourth-order valence-corrected chi connectivity index (χ4v) is 2.77. The van der Waals surface area contributed by atoms with Gasteiger partial charge in [0.25, 0.3) is 0 Å². The summed E-state index contributed by atoms with van der Waals surface area (Å²) >= 11 is 1.36. The van der Waals surface area contributed by atoms with Gasteiger partial charge < -0.3 is 10.4 Å². The van der Waals surface area contributed by atoms with Crippen molar-refractivity contribution < 1.29 is 14.3 Å². The number of carbonyl (C=O) groups excluding carboxylic acids is 1. The lowest BCUT2D eigenvalue weighted by Crippen LogP contribution is -2.23. The summed E-state index contributed by atoms with van der Waals surface area (Å²) in [5.74, 6) is -0.185. The van der Waals surface area contributed by atoms with E-state index in [1.807, 2.05) is 30.3 Å². The number of aliphatic hydroxyl groups excluding tert-OH is 1. The van der Waals surface area contributed by atoms with E-state index >= 15 is 0 Å². The molecule has 2 N–H and O–H groups in total. The van der Waals surface area contributed by atoms with Gasteiger partial charge in [0.2, 0.25) is 5.91 Å². The second-order valence-corrected chi connectivity index (χ2v) is 6.28. The van der Waals surface area contributed by atoms with Crippen molar-refractivity contribution in [2.45, 2.75) is 18.3 Å². The topological polar surface area (TPSA) is 49.3 Å². The summed E-state index contributed by atoms with van der Waals surface area (Å²) in [7, 11) is 0. The highest BCUT2D eigenvalue weighted by molar-refractivity contribution is 8.00. The zero-order valence-electron chi connectivity index (χ0n) is 12.2. The summed E-state index contributed by atoms with van der Waals surface area (Å²) in [6, 6.07) is 15.1. The number of hydrogen-bond acceptors (Lipinski definition) is 3. The molecule has 2 aromatic carbocycles. The third-order valence-corrected chi connectivity index (χ3v) is 4.37. The molecular weight excluding hydrogens is 301 g/mol. The van der Waals surface area contributed by atoms with Gasteiger partial charge in [-0.25, -0.2) is 4.39 Å². The molecule has 0 radical (unpaired) electrons. The highest BCUT2D eigenvalue weighted by Gasteiger charge is 2.16. The van der Waals surface area contributed by atoms with E-state index in [0.717, 1.165) is 5.56 Å². The van der Waals surface area contributed by atoms with E-state index in [1.54, 1.807) is 19.1 Å². The Morgan fingerprint density at radius 3 is 2.64 bits per heavy atom. The van der Waals surface area contributed by atoms with Crippen LogP contribution in [0.3, 0.4) is 0 Å². The first-order valence-corrected chi connectivity index (χ1v) is 8.02. The van der Waals surface area contributed by atoms with Gasteiger partial charge >= 0.3 is 0 Å². The number of rotatable bonds is 6. The molecule has 0 heterocycles. The Labute approximate surface area is 133 Å². The van der Waals surface area contributed by atoms with Crippen molar-refractivity contribution in [1.82, 2.24) is 0 Å². The molecule has 1 amide bonds. The van der Waals surface area contributed by atoms with E-state index in [1.165, 1.54) is 23.9 Å². The molecule has 0 fully saturated rings. The molecule has 0 aliphatic heterocycles. The minimum Gasteiger partial charge on any atom is -0.388 e. The number of benzene rings is 2. The van der Waals surface area contributed by atoms with Gasteiger partial charge in [-0.2, -0.15) is 0 Å². The molecule has 116 valence electrons. The molecule has 0 saturated heterocycles. The van der Waals surface area contributed by atoms with E-state index in [2.05, 4.69) is 5.32 Å². The molecule has 5 heteroatoms. The monoisotopic (exact) mass is 319 g/mol. The van der Waals surface area contributed by atoms with Crippen LogP contribution in [0.4, 0.5) is 10.1 Å². The van der Waals surface area contributed by atoms with Gasteiger partial charge in [0.1, 0.15) is 5.82 Å². The van der Waals surface area contributed by atoms with Crippen LogP contribution in [-0.2, 0) is 4.79 Å². The van der Waals surface area contributed by atoms with E-state index in [0.29, 0.717) is 11.4 Å². The summed E-state index contributed by atoms with van der Waals surface area (Å²) in [6.07, 6.45) is -0.615. The lowest BCUT2D eigenvalue weighted by molar-refractivity contribution is -0.115. The highest BCUT2D eigenvalue weighted by Crippen LogP contribution is 2.22. The number of nitrogens with one attached hydrogen (secondary N) is 1. The van der Waals surface area contributed by atoms with Crippen LogP contribution in [0.15, 0.2) is 54.6 Å². The minimum atomic E-state index is -0.615. The summed E-state index contributed by atoms with van der Waals surface area (Å²) in [5.41, 5.74) is 1.26. The lowest BCUT2D eigenvalue weighted by atomic mass is 10.1. The first kappa shape index (κ1) is 16.5. The van der Waals surface area contributed by atoms with E-state index in [4.69, 9.17) is 0 Å². The Hall–Kier alpha value is -1.85. The molecule has 0 saturated carbocycles. The number of halogens is 1. The molecule has 3 nitrogen and oxygen atoms in total. The third kappa shape index (κ3) is 4.86. The molecule has 0 aliphatic carbocycles. The van der Waals surface area contributed by atoms with Crippen molar-refractivity contribution in [3.8, 4) is 0 Å². The molecule has 0 bridgehead atoms. The van der Waals surface area contributed by atoms with Gasteiger partial charge in [0.05, 0.1) is 11.4 Å². The predicted octanol–water partition coefficient (Wildman–Crippen LogP) is 3.62. The van der Waals surface area contributed by atoms with Crippen LogP contribution in [0, 0.1) is 5.82 Å². The Balaban J connectivity index is 1.84. The van der Waals surface area contributed by atoms with Crippen molar-refractivity contribution in [3.05, 3.63) is 66.0 Å².